The van der Waals surface area contributed by atoms with Gasteiger partial charge in [0.15, 0.2) is 0 Å². The molecule has 0 bridgehead atoms. The molecule has 0 radical (unpaired) electrons. The van der Waals surface area contributed by atoms with E-state index < -0.39 is 0 Å². The zero-order valence-corrected chi connectivity index (χ0v) is 12.2. The minimum atomic E-state index is -0.0953. The highest BCUT2D eigenvalue weighted by Gasteiger charge is 2.19. The van der Waals surface area contributed by atoms with Crippen LogP contribution < -0.4 is 5.73 Å². The van der Waals surface area contributed by atoms with Crippen LogP contribution in [0.1, 0.15) is 40.6 Å². The number of nitrogens with two attached hydrogens (primary N) is 1. The topological polar surface area (TPSA) is 48.1 Å². The van der Waals surface area contributed by atoms with E-state index in [4.69, 9.17) is 15.5 Å². The van der Waals surface area contributed by atoms with Crippen molar-refractivity contribution in [3.05, 3.63) is 51.5 Å². The van der Waals surface area contributed by atoms with E-state index in [0.717, 1.165) is 29.1 Å². The van der Waals surface area contributed by atoms with Gasteiger partial charge in [-0.15, -0.1) is 11.3 Å². The second kappa shape index (κ2) is 6.80. The molecule has 19 heavy (non-hydrogen) atoms. The number of nitrogens with zero attached hydrogens (tertiary/aromatic N) is 1. The lowest BCUT2D eigenvalue weighted by Gasteiger charge is -2.12. The molecule has 1 atom stereocenters. The standard InChI is InChI=1S/C15H20N2OS/c1-3-7-12-13(10-16)19-15(17-12)14(18-2)11-8-5-4-6-9-11/h4-6,8-9,14H,3,7,10,16H2,1-2H3. The average Bonchev–Trinajstić information content (AvgIpc) is 2.84. The predicted octanol–water partition coefficient (Wildman–Crippen LogP) is 3.29. The molecule has 0 fully saturated rings. The Hall–Kier alpha value is -1.23. The molecule has 0 aliphatic rings. The third-order valence-electron chi connectivity index (χ3n) is 3.03. The van der Waals surface area contributed by atoms with Gasteiger partial charge in [0.25, 0.3) is 0 Å². The maximum absolute atomic E-state index is 5.80. The number of hydrogen-bond donors (Lipinski definition) is 1. The molecular weight excluding hydrogens is 256 g/mol. The van der Waals surface area contributed by atoms with E-state index in [9.17, 15) is 0 Å². The number of hydrogen-bond acceptors (Lipinski definition) is 4. The summed E-state index contributed by atoms with van der Waals surface area (Å²) in [6.45, 7) is 2.71. The highest BCUT2D eigenvalue weighted by Crippen LogP contribution is 2.31. The van der Waals surface area contributed by atoms with Gasteiger partial charge in [-0.05, 0) is 12.0 Å². The number of ether oxygens (including phenoxy) is 1. The van der Waals surface area contributed by atoms with Gasteiger partial charge in [-0.3, -0.25) is 0 Å². The van der Waals surface area contributed by atoms with E-state index in [1.807, 2.05) is 18.2 Å². The zero-order valence-electron chi connectivity index (χ0n) is 11.4. The molecule has 0 aliphatic heterocycles. The number of thiazole rings is 1. The normalized spacial score (nSPS) is 12.6. The van der Waals surface area contributed by atoms with Gasteiger partial charge in [0, 0.05) is 18.5 Å². The number of methoxy groups -OCH3 is 1. The smallest absolute Gasteiger partial charge is 0.134 e. The summed E-state index contributed by atoms with van der Waals surface area (Å²) in [5.74, 6) is 0. The van der Waals surface area contributed by atoms with Crippen molar-refractivity contribution in [2.24, 2.45) is 5.73 Å². The summed E-state index contributed by atoms with van der Waals surface area (Å²) in [7, 11) is 1.72. The summed E-state index contributed by atoms with van der Waals surface area (Å²) in [5.41, 5.74) is 8.06. The first-order valence-electron chi connectivity index (χ1n) is 6.56. The van der Waals surface area contributed by atoms with Crippen molar-refractivity contribution in [3.63, 3.8) is 0 Å². The van der Waals surface area contributed by atoms with Crippen LogP contribution in [0.2, 0.25) is 0 Å². The SMILES string of the molecule is CCCc1nc(C(OC)c2ccccc2)sc1CN. The molecule has 0 spiro atoms. The van der Waals surface area contributed by atoms with Gasteiger partial charge in [-0.1, -0.05) is 43.7 Å². The molecule has 2 rings (SSSR count). The van der Waals surface area contributed by atoms with E-state index in [1.54, 1.807) is 18.4 Å². The van der Waals surface area contributed by atoms with E-state index in [1.165, 1.54) is 4.88 Å². The summed E-state index contributed by atoms with van der Waals surface area (Å²) in [4.78, 5) is 5.91. The molecule has 4 heteroatoms. The van der Waals surface area contributed by atoms with E-state index >= 15 is 0 Å². The van der Waals surface area contributed by atoms with Crippen molar-refractivity contribution in [2.75, 3.05) is 7.11 Å². The fraction of sp³-hybridized carbons (Fsp3) is 0.400. The molecule has 2 aromatic rings. The van der Waals surface area contributed by atoms with Gasteiger partial charge in [-0.25, -0.2) is 4.98 Å². The van der Waals surface area contributed by atoms with Gasteiger partial charge < -0.3 is 10.5 Å². The Morgan fingerprint density at radius 3 is 2.63 bits per heavy atom. The summed E-state index contributed by atoms with van der Waals surface area (Å²) >= 11 is 1.67. The van der Waals surface area contributed by atoms with Gasteiger partial charge in [0.2, 0.25) is 0 Å². The molecular formula is C15H20N2OS. The third-order valence-corrected chi connectivity index (χ3v) is 4.19. The monoisotopic (exact) mass is 276 g/mol. The molecule has 0 saturated carbocycles. The summed E-state index contributed by atoms with van der Waals surface area (Å²) in [6.07, 6.45) is 1.97. The molecule has 0 saturated heterocycles. The molecule has 102 valence electrons. The Balaban J connectivity index is 2.33. The quantitative estimate of drug-likeness (QED) is 0.880. The van der Waals surface area contributed by atoms with Gasteiger partial charge in [0.1, 0.15) is 11.1 Å². The molecule has 1 unspecified atom stereocenters. The first-order chi connectivity index (χ1) is 9.30. The second-order valence-corrected chi connectivity index (χ2v) is 5.52. The maximum Gasteiger partial charge on any atom is 0.134 e. The molecule has 0 amide bonds. The van der Waals surface area contributed by atoms with Crippen molar-refractivity contribution < 1.29 is 4.74 Å². The third kappa shape index (κ3) is 3.21. The summed E-state index contributed by atoms with van der Waals surface area (Å²) < 4.78 is 5.62. The maximum atomic E-state index is 5.80. The van der Waals surface area contributed by atoms with Crippen molar-refractivity contribution in [1.82, 2.24) is 4.98 Å². The van der Waals surface area contributed by atoms with E-state index in [-0.39, 0.29) is 6.10 Å². The van der Waals surface area contributed by atoms with Crippen molar-refractivity contribution >= 4 is 11.3 Å². The zero-order chi connectivity index (χ0) is 13.7. The minimum absolute atomic E-state index is 0.0953. The van der Waals surface area contributed by atoms with Crippen LogP contribution in [0.25, 0.3) is 0 Å². The molecule has 1 aromatic carbocycles. The molecule has 1 heterocycles. The highest BCUT2D eigenvalue weighted by molar-refractivity contribution is 7.11. The van der Waals surface area contributed by atoms with Crippen LogP contribution >= 0.6 is 11.3 Å². The van der Waals surface area contributed by atoms with Crippen LogP contribution in [-0.4, -0.2) is 12.1 Å². The lowest BCUT2D eigenvalue weighted by Crippen LogP contribution is -2.03. The largest absolute Gasteiger partial charge is 0.370 e. The fourth-order valence-electron chi connectivity index (χ4n) is 2.11. The minimum Gasteiger partial charge on any atom is -0.370 e. The lowest BCUT2D eigenvalue weighted by atomic mass is 10.1. The number of rotatable bonds is 6. The van der Waals surface area contributed by atoms with Gasteiger partial charge >= 0.3 is 0 Å². The average molecular weight is 276 g/mol. The van der Waals surface area contributed by atoms with Crippen LogP contribution in [-0.2, 0) is 17.7 Å². The molecule has 0 aliphatic carbocycles. The first kappa shape index (κ1) is 14.2. The van der Waals surface area contributed by atoms with Crippen molar-refractivity contribution in [1.29, 1.82) is 0 Å². The molecule has 3 nitrogen and oxygen atoms in total. The predicted molar refractivity (Wildman–Crippen MR) is 79.3 cm³/mol. The Morgan fingerprint density at radius 1 is 1.32 bits per heavy atom. The van der Waals surface area contributed by atoms with Crippen molar-refractivity contribution in [2.45, 2.75) is 32.4 Å². The van der Waals surface area contributed by atoms with E-state index in [0.29, 0.717) is 6.54 Å². The second-order valence-electron chi connectivity index (χ2n) is 4.40. The summed E-state index contributed by atoms with van der Waals surface area (Å²) in [6, 6.07) is 10.2. The Bertz CT molecular complexity index is 510. The Morgan fingerprint density at radius 2 is 2.05 bits per heavy atom. The molecule has 1 aromatic heterocycles. The number of benzene rings is 1. The van der Waals surface area contributed by atoms with Crippen LogP contribution in [0.4, 0.5) is 0 Å². The van der Waals surface area contributed by atoms with Crippen LogP contribution in [0.3, 0.4) is 0 Å². The van der Waals surface area contributed by atoms with Crippen molar-refractivity contribution in [3.8, 4) is 0 Å². The number of aromatic nitrogens is 1. The molecule has 2 N–H and O–H groups in total. The number of aryl methyl sites for hydroxylation is 1. The summed E-state index contributed by atoms with van der Waals surface area (Å²) in [5, 5.41) is 0.998. The van der Waals surface area contributed by atoms with Crippen LogP contribution in [0.15, 0.2) is 30.3 Å². The Kier molecular flexibility index (Phi) is 5.07. The van der Waals surface area contributed by atoms with E-state index in [2.05, 4.69) is 19.1 Å². The first-order valence-corrected chi connectivity index (χ1v) is 7.38. The Labute approximate surface area is 118 Å². The fourth-order valence-corrected chi connectivity index (χ4v) is 3.21. The van der Waals surface area contributed by atoms with Gasteiger partial charge in [0.05, 0.1) is 5.69 Å². The van der Waals surface area contributed by atoms with Gasteiger partial charge in [-0.2, -0.15) is 0 Å². The highest BCUT2D eigenvalue weighted by atomic mass is 32.1. The lowest BCUT2D eigenvalue weighted by molar-refractivity contribution is 0.136. The van der Waals surface area contributed by atoms with Crippen LogP contribution in [0.5, 0.6) is 0 Å². The van der Waals surface area contributed by atoms with Crippen LogP contribution in [0, 0.1) is 0 Å².